The summed E-state index contributed by atoms with van der Waals surface area (Å²) in [4.78, 5) is 0. The molecule has 0 heterocycles. The second-order valence-corrected chi connectivity index (χ2v) is 6.23. The molecular weight excluding hydrogens is 298 g/mol. The first-order valence-corrected chi connectivity index (χ1v) is 8.74. The van der Waals surface area contributed by atoms with Crippen molar-refractivity contribution in [3.63, 3.8) is 0 Å². The molecule has 2 aromatic carbocycles. The molecule has 0 bridgehead atoms. The van der Waals surface area contributed by atoms with Crippen molar-refractivity contribution < 1.29 is 9.47 Å². The lowest BCUT2D eigenvalue weighted by molar-refractivity contribution is 0.288. The Bertz CT molecular complexity index is 622. The second kappa shape index (κ2) is 9.33. The largest absolute Gasteiger partial charge is 0.493 e. The van der Waals surface area contributed by atoms with E-state index in [1.165, 1.54) is 16.7 Å². The van der Waals surface area contributed by atoms with Crippen molar-refractivity contribution in [2.75, 3.05) is 20.3 Å². The third-order valence-electron chi connectivity index (χ3n) is 4.30. The molecule has 2 rings (SSSR count). The Balaban J connectivity index is 2.14. The number of hydrogen-bond acceptors (Lipinski definition) is 3. The molecule has 2 N–H and O–H groups in total. The second-order valence-electron chi connectivity index (χ2n) is 6.23. The molecule has 0 amide bonds. The maximum atomic E-state index is 6.03. The van der Waals surface area contributed by atoms with Crippen LogP contribution in [0.4, 0.5) is 0 Å². The third kappa shape index (κ3) is 5.00. The SMILES string of the molecule is CCCCOc1cc(CC(CN)c2ccc(C)cc2)ccc1OC. The molecule has 1 unspecified atom stereocenters. The minimum Gasteiger partial charge on any atom is -0.493 e. The van der Waals surface area contributed by atoms with Gasteiger partial charge in [0, 0.05) is 5.92 Å². The van der Waals surface area contributed by atoms with Crippen LogP contribution < -0.4 is 15.2 Å². The summed E-state index contributed by atoms with van der Waals surface area (Å²) in [5, 5.41) is 0. The van der Waals surface area contributed by atoms with E-state index in [2.05, 4.69) is 50.2 Å². The third-order valence-corrected chi connectivity index (χ3v) is 4.30. The zero-order valence-electron chi connectivity index (χ0n) is 15.0. The molecule has 24 heavy (non-hydrogen) atoms. The molecule has 3 nitrogen and oxygen atoms in total. The van der Waals surface area contributed by atoms with Crippen LogP contribution in [0, 0.1) is 6.92 Å². The van der Waals surface area contributed by atoms with Gasteiger partial charge in [0.05, 0.1) is 13.7 Å². The van der Waals surface area contributed by atoms with Gasteiger partial charge in [-0.3, -0.25) is 0 Å². The maximum absolute atomic E-state index is 6.03. The molecule has 0 aromatic heterocycles. The first-order valence-electron chi connectivity index (χ1n) is 8.74. The Hall–Kier alpha value is -2.00. The van der Waals surface area contributed by atoms with Crippen molar-refractivity contribution in [1.82, 2.24) is 0 Å². The molecule has 0 aliphatic carbocycles. The topological polar surface area (TPSA) is 44.5 Å². The van der Waals surface area contributed by atoms with E-state index >= 15 is 0 Å². The number of unbranched alkanes of at least 4 members (excludes halogenated alkanes) is 1. The van der Waals surface area contributed by atoms with Gasteiger partial charge in [0.2, 0.25) is 0 Å². The zero-order chi connectivity index (χ0) is 17.4. The molecule has 0 saturated carbocycles. The summed E-state index contributed by atoms with van der Waals surface area (Å²) >= 11 is 0. The monoisotopic (exact) mass is 327 g/mol. The van der Waals surface area contributed by atoms with Gasteiger partial charge < -0.3 is 15.2 Å². The summed E-state index contributed by atoms with van der Waals surface area (Å²) in [7, 11) is 1.68. The molecule has 0 fully saturated rings. The van der Waals surface area contributed by atoms with Crippen molar-refractivity contribution in [1.29, 1.82) is 0 Å². The van der Waals surface area contributed by atoms with Crippen molar-refractivity contribution in [2.24, 2.45) is 5.73 Å². The standard InChI is InChI=1S/C21H29NO2/c1-4-5-12-24-21-14-17(8-11-20(21)23-3)13-19(15-22)18-9-6-16(2)7-10-18/h6-11,14,19H,4-5,12-13,15,22H2,1-3H3. The fourth-order valence-electron chi connectivity index (χ4n) is 2.75. The summed E-state index contributed by atoms with van der Waals surface area (Å²) < 4.78 is 11.3. The lowest BCUT2D eigenvalue weighted by Gasteiger charge is -2.17. The number of nitrogens with two attached hydrogens (primary N) is 1. The number of aryl methyl sites for hydroxylation is 1. The van der Waals surface area contributed by atoms with E-state index < -0.39 is 0 Å². The molecule has 3 heteroatoms. The van der Waals surface area contributed by atoms with E-state index in [0.717, 1.165) is 30.8 Å². The Morgan fingerprint density at radius 1 is 1.04 bits per heavy atom. The molecule has 0 aliphatic heterocycles. The van der Waals surface area contributed by atoms with Gasteiger partial charge in [-0.05, 0) is 49.6 Å². The Kier molecular flexibility index (Phi) is 7.13. The van der Waals surface area contributed by atoms with Crippen molar-refractivity contribution >= 4 is 0 Å². The summed E-state index contributed by atoms with van der Waals surface area (Å²) in [6.45, 7) is 5.60. The predicted molar refractivity (Wildman–Crippen MR) is 100 cm³/mol. The number of ether oxygens (including phenoxy) is 2. The highest BCUT2D eigenvalue weighted by molar-refractivity contribution is 5.43. The van der Waals surface area contributed by atoms with E-state index in [-0.39, 0.29) is 0 Å². The highest BCUT2D eigenvalue weighted by Gasteiger charge is 2.13. The molecule has 1 atom stereocenters. The molecule has 0 saturated heterocycles. The molecule has 2 aromatic rings. The summed E-state index contributed by atoms with van der Waals surface area (Å²) in [5.74, 6) is 1.92. The lowest BCUT2D eigenvalue weighted by atomic mass is 9.91. The lowest BCUT2D eigenvalue weighted by Crippen LogP contribution is -2.15. The van der Waals surface area contributed by atoms with Crippen molar-refractivity contribution in [3.05, 3.63) is 59.2 Å². The summed E-state index contributed by atoms with van der Waals surface area (Å²) in [6.07, 6.45) is 3.06. The van der Waals surface area contributed by atoms with E-state index in [4.69, 9.17) is 15.2 Å². The van der Waals surface area contributed by atoms with Gasteiger partial charge in [-0.1, -0.05) is 49.2 Å². The van der Waals surface area contributed by atoms with Crippen LogP contribution in [0.5, 0.6) is 11.5 Å². The van der Waals surface area contributed by atoms with Gasteiger partial charge in [-0.25, -0.2) is 0 Å². The van der Waals surface area contributed by atoms with Crippen molar-refractivity contribution in [3.8, 4) is 11.5 Å². The van der Waals surface area contributed by atoms with Gasteiger partial charge in [0.25, 0.3) is 0 Å². The van der Waals surface area contributed by atoms with E-state index in [0.29, 0.717) is 19.1 Å². The van der Waals surface area contributed by atoms with Crippen LogP contribution >= 0.6 is 0 Å². The van der Waals surface area contributed by atoms with Crippen LogP contribution in [0.15, 0.2) is 42.5 Å². The summed E-state index contributed by atoms with van der Waals surface area (Å²) in [6, 6.07) is 14.8. The van der Waals surface area contributed by atoms with E-state index in [1.54, 1.807) is 7.11 Å². The summed E-state index contributed by atoms with van der Waals surface area (Å²) in [5.41, 5.74) is 9.80. The van der Waals surface area contributed by atoms with Crippen LogP contribution in [-0.4, -0.2) is 20.3 Å². The van der Waals surface area contributed by atoms with Crippen LogP contribution in [0.3, 0.4) is 0 Å². The van der Waals surface area contributed by atoms with Gasteiger partial charge in [-0.2, -0.15) is 0 Å². The van der Waals surface area contributed by atoms with Gasteiger partial charge in [-0.15, -0.1) is 0 Å². The molecule has 0 spiro atoms. The predicted octanol–water partition coefficient (Wildman–Crippen LogP) is 4.47. The van der Waals surface area contributed by atoms with Gasteiger partial charge >= 0.3 is 0 Å². The average molecular weight is 327 g/mol. The number of rotatable bonds is 9. The van der Waals surface area contributed by atoms with Crippen LogP contribution in [0.2, 0.25) is 0 Å². The fourth-order valence-corrected chi connectivity index (χ4v) is 2.75. The Labute approximate surface area is 145 Å². The van der Waals surface area contributed by atoms with E-state index in [9.17, 15) is 0 Å². The first kappa shape index (κ1) is 18.3. The number of benzene rings is 2. The Morgan fingerprint density at radius 2 is 1.79 bits per heavy atom. The maximum Gasteiger partial charge on any atom is 0.161 e. The minimum atomic E-state index is 0.308. The quantitative estimate of drug-likeness (QED) is 0.691. The Morgan fingerprint density at radius 3 is 2.42 bits per heavy atom. The smallest absolute Gasteiger partial charge is 0.161 e. The minimum absolute atomic E-state index is 0.308. The van der Waals surface area contributed by atoms with Gasteiger partial charge in [0.1, 0.15) is 0 Å². The first-order chi connectivity index (χ1) is 11.7. The van der Waals surface area contributed by atoms with Crippen molar-refractivity contribution in [2.45, 2.75) is 39.0 Å². The van der Waals surface area contributed by atoms with Crippen LogP contribution in [0.25, 0.3) is 0 Å². The van der Waals surface area contributed by atoms with Crippen LogP contribution in [-0.2, 0) is 6.42 Å². The number of methoxy groups -OCH3 is 1. The zero-order valence-corrected chi connectivity index (χ0v) is 15.0. The fraction of sp³-hybridized carbons (Fsp3) is 0.429. The molecule has 0 aliphatic rings. The van der Waals surface area contributed by atoms with E-state index in [1.807, 2.05) is 6.07 Å². The normalized spacial score (nSPS) is 12.0. The highest BCUT2D eigenvalue weighted by atomic mass is 16.5. The number of hydrogen-bond donors (Lipinski definition) is 1. The highest BCUT2D eigenvalue weighted by Crippen LogP contribution is 2.30. The average Bonchev–Trinajstić information content (AvgIpc) is 2.61. The molecule has 130 valence electrons. The van der Waals surface area contributed by atoms with Crippen LogP contribution in [0.1, 0.15) is 42.4 Å². The molecular formula is C21H29NO2. The van der Waals surface area contributed by atoms with Gasteiger partial charge in [0.15, 0.2) is 11.5 Å². The molecule has 0 radical (unpaired) electrons.